The topological polar surface area (TPSA) is 55.1 Å². The van der Waals surface area contributed by atoms with Crippen molar-refractivity contribution < 1.29 is 13.6 Å². The largest absolute Gasteiger partial charge is 0.441 e. The molecule has 0 atom stereocenters. The monoisotopic (exact) mass is 330 g/mol. The van der Waals surface area contributed by atoms with Crippen molar-refractivity contribution in [2.24, 2.45) is 0 Å². The Morgan fingerprint density at radius 3 is 2.58 bits per heavy atom. The lowest BCUT2D eigenvalue weighted by molar-refractivity contribution is -0.121. The van der Waals surface area contributed by atoms with Gasteiger partial charge in [-0.3, -0.25) is 4.79 Å². The van der Waals surface area contributed by atoms with Crippen molar-refractivity contribution in [2.45, 2.75) is 57.4 Å². The number of halogens is 1. The van der Waals surface area contributed by atoms with Crippen molar-refractivity contribution in [3.8, 4) is 11.3 Å². The Hall–Kier alpha value is -2.17. The van der Waals surface area contributed by atoms with Gasteiger partial charge in [-0.05, 0) is 37.1 Å². The molecule has 1 N–H and O–H groups in total. The van der Waals surface area contributed by atoms with E-state index in [1.807, 2.05) is 0 Å². The minimum absolute atomic E-state index is 0.0587. The number of carbonyl (C=O) groups excluding carboxylic acids is 1. The highest BCUT2D eigenvalue weighted by molar-refractivity contribution is 5.76. The van der Waals surface area contributed by atoms with Gasteiger partial charge < -0.3 is 9.73 Å². The summed E-state index contributed by atoms with van der Waals surface area (Å²) in [6.45, 7) is 0. The molecule has 24 heavy (non-hydrogen) atoms. The van der Waals surface area contributed by atoms with Gasteiger partial charge in [0.25, 0.3) is 0 Å². The van der Waals surface area contributed by atoms with Crippen LogP contribution in [0, 0.1) is 5.82 Å². The maximum Gasteiger partial charge on any atom is 0.220 e. The number of amides is 1. The first-order valence-electron chi connectivity index (χ1n) is 8.71. The SMILES string of the molecule is O=C(CCc1ncc(-c2ccc(F)cc2)o1)NC1CCCCCC1. The average molecular weight is 330 g/mol. The highest BCUT2D eigenvalue weighted by atomic mass is 19.1. The number of rotatable bonds is 5. The van der Waals surface area contributed by atoms with E-state index in [0.29, 0.717) is 30.5 Å². The van der Waals surface area contributed by atoms with E-state index in [1.165, 1.54) is 37.8 Å². The highest BCUT2D eigenvalue weighted by Gasteiger charge is 2.15. The van der Waals surface area contributed by atoms with Gasteiger partial charge in [-0.2, -0.15) is 0 Å². The molecule has 1 saturated carbocycles. The number of oxazole rings is 1. The fourth-order valence-corrected chi connectivity index (χ4v) is 3.12. The average Bonchev–Trinajstić information content (AvgIpc) is 2.91. The van der Waals surface area contributed by atoms with Gasteiger partial charge in [0.2, 0.25) is 5.91 Å². The molecule has 5 heteroatoms. The molecule has 3 rings (SSSR count). The summed E-state index contributed by atoms with van der Waals surface area (Å²) >= 11 is 0. The molecule has 0 radical (unpaired) electrons. The number of carbonyl (C=O) groups is 1. The smallest absolute Gasteiger partial charge is 0.220 e. The zero-order valence-electron chi connectivity index (χ0n) is 13.8. The molecule has 1 aliphatic rings. The summed E-state index contributed by atoms with van der Waals surface area (Å²) < 4.78 is 18.6. The van der Waals surface area contributed by atoms with Crippen LogP contribution in [0.25, 0.3) is 11.3 Å². The van der Waals surface area contributed by atoms with Gasteiger partial charge in [-0.15, -0.1) is 0 Å². The summed E-state index contributed by atoms with van der Waals surface area (Å²) in [5, 5.41) is 3.12. The molecule has 2 aromatic rings. The number of nitrogens with one attached hydrogen (secondary N) is 1. The Morgan fingerprint density at radius 2 is 1.88 bits per heavy atom. The Morgan fingerprint density at radius 1 is 1.17 bits per heavy atom. The van der Waals surface area contributed by atoms with Crippen molar-refractivity contribution in [1.29, 1.82) is 0 Å². The molecular weight excluding hydrogens is 307 g/mol. The van der Waals surface area contributed by atoms with Gasteiger partial charge in [0.1, 0.15) is 5.82 Å². The third-order valence-electron chi connectivity index (χ3n) is 4.47. The van der Waals surface area contributed by atoms with Gasteiger partial charge >= 0.3 is 0 Å². The first kappa shape index (κ1) is 16.7. The lowest BCUT2D eigenvalue weighted by Gasteiger charge is -2.15. The molecule has 1 amide bonds. The second-order valence-electron chi connectivity index (χ2n) is 6.38. The number of hydrogen-bond acceptors (Lipinski definition) is 3. The Bertz CT molecular complexity index is 658. The van der Waals surface area contributed by atoms with E-state index in [-0.39, 0.29) is 11.7 Å². The van der Waals surface area contributed by atoms with Crippen molar-refractivity contribution >= 4 is 5.91 Å². The number of nitrogens with zero attached hydrogens (tertiary/aromatic N) is 1. The van der Waals surface area contributed by atoms with Crippen molar-refractivity contribution in [3.63, 3.8) is 0 Å². The number of aryl methyl sites for hydroxylation is 1. The third kappa shape index (κ3) is 4.66. The van der Waals surface area contributed by atoms with Crippen molar-refractivity contribution in [2.75, 3.05) is 0 Å². The molecule has 1 aromatic carbocycles. The van der Waals surface area contributed by atoms with Gasteiger partial charge in [-0.25, -0.2) is 9.37 Å². The standard InChI is InChI=1S/C19H23FN2O2/c20-15-9-7-14(8-10-15)17-13-21-19(24-17)12-11-18(23)22-16-5-3-1-2-4-6-16/h7-10,13,16H,1-6,11-12H2,(H,22,23). The van der Waals surface area contributed by atoms with Crippen molar-refractivity contribution in [1.82, 2.24) is 10.3 Å². The lowest BCUT2D eigenvalue weighted by Crippen LogP contribution is -2.34. The molecule has 0 spiro atoms. The Labute approximate surface area is 141 Å². The second kappa shape index (κ2) is 8.08. The van der Waals surface area contributed by atoms with Crippen LogP contribution in [0.5, 0.6) is 0 Å². The van der Waals surface area contributed by atoms with E-state index in [4.69, 9.17) is 4.42 Å². The zero-order chi connectivity index (χ0) is 16.8. The van der Waals surface area contributed by atoms with Gasteiger partial charge in [-0.1, -0.05) is 25.7 Å². The molecule has 0 unspecified atom stereocenters. The predicted octanol–water partition coefficient (Wildman–Crippen LogP) is 4.25. The van der Waals surface area contributed by atoms with Crippen LogP contribution in [0.3, 0.4) is 0 Å². The molecule has 1 aliphatic carbocycles. The van der Waals surface area contributed by atoms with Crippen LogP contribution in [0.1, 0.15) is 50.8 Å². The highest BCUT2D eigenvalue weighted by Crippen LogP contribution is 2.21. The van der Waals surface area contributed by atoms with Crippen LogP contribution in [0.4, 0.5) is 4.39 Å². The van der Waals surface area contributed by atoms with Crippen LogP contribution in [0.2, 0.25) is 0 Å². The maximum absolute atomic E-state index is 12.9. The zero-order valence-corrected chi connectivity index (χ0v) is 13.8. The molecule has 0 aliphatic heterocycles. The number of benzene rings is 1. The van der Waals surface area contributed by atoms with E-state index >= 15 is 0 Å². The van der Waals surface area contributed by atoms with E-state index in [1.54, 1.807) is 18.3 Å². The minimum Gasteiger partial charge on any atom is -0.441 e. The van der Waals surface area contributed by atoms with Gasteiger partial charge in [0.15, 0.2) is 11.7 Å². The van der Waals surface area contributed by atoms with Crippen LogP contribution in [-0.2, 0) is 11.2 Å². The Balaban J connectivity index is 1.49. The Kier molecular flexibility index (Phi) is 5.62. The van der Waals surface area contributed by atoms with Gasteiger partial charge in [0, 0.05) is 24.4 Å². The lowest BCUT2D eigenvalue weighted by atomic mass is 10.1. The summed E-state index contributed by atoms with van der Waals surface area (Å²) in [5.41, 5.74) is 0.776. The van der Waals surface area contributed by atoms with E-state index in [2.05, 4.69) is 10.3 Å². The van der Waals surface area contributed by atoms with Crippen LogP contribution < -0.4 is 5.32 Å². The number of aromatic nitrogens is 1. The van der Waals surface area contributed by atoms with Crippen LogP contribution in [-0.4, -0.2) is 16.9 Å². The molecule has 1 fully saturated rings. The minimum atomic E-state index is -0.284. The molecule has 0 saturated heterocycles. The summed E-state index contributed by atoms with van der Waals surface area (Å²) in [4.78, 5) is 16.3. The van der Waals surface area contributed by atoms with E-state index < -0.39 is 0 Å². The van der Waals surface area contributed by atoms with E-state index in [0.717, 1.165) is 18.4 Å². The fraction of sp³-hybridized carbons (Fsp3) is 0.474. The molecule has 128 valence electrons. The quantitative estimate of drug-likeness (QED) is 0.834. The third-order valence-corrected chi connectivity index (χ3v) is 4.47. The molecule has 1 heterocycles. The fourth-order valence-electron chi connectivity index (χ4n) is 3.12. The summed E-state index contributed by atoms with van der Waals surface area (Å²) in [6, 6.07) is 6.39. The molecule has 1 aromatic heterocycles. The summed E-state index contributed by atoms with van der Waals surface area (Å²) in [7, 11) is 0. The van der Waals surface area contributed by atoms with Gasteiger partial charge in [0.05, 0.1) is 6.20 Å². The number of hydrogen-bond donors (Lipinski definition) is 1. The summed E-state index contributed by atoms with van der Waals surface area (Å²) in [5.74, 6) is 0.900. The van der Waals surface area contributed by atoms with Crippen LogP contribution in [0.15, 0.2) is 34.9 Å². The maximum atomic E-state index is 12.9. The van der Waals surface area contributed by atoms with Crippen LogP contribution >= 0.6 is 0 Å². The predicted molar refractivity (Wildman–Crippen MR) is 89.9 cm³/mol. The summed E-state index contributed by atoms with van der Waals surface area (Å²) in [6.07, 6.45) is 9.57. The first-order valence-corrected chi connectivity index (χ1v) is 8.71. The normalized spacial score (nSPS) is 15.9. The van der Waals surface area contributed by atoms with Crippen molar-refractivity contribution in [3.05, 3.63) is 42.2 Å². The second-order valence-corrected chi connectivity index (χ2v) is 6.38. The molecule has 0 bridgehead atoms. The first-order chi connectivity index (χ1) is 11.7. The molecular formula is C19H23FN2O2. The van der Waals surface area contributed by atoms with E-state index in [9.17, 15) is 9.18 Å². The molecule has 4 nitrogen and oxygen atoms in total.